The molecule has 0 N–H and O–H groups in total. The van der Waals surface area contributed by atoms with Crippen LogP contribution in [0.4, 0.5) is 16.5 Å². The zero-order valence-electron chi connectivity index (χ0n) is 45.3. The van der Waals surface area contributed by atoms with Gasteiger partial charge in [0.15, 0.2) is 11.5 Å². The van der Waals surface area contributed by atoms with Crippen LogP contribution in [0.5, 0.6) is 23.0 Å². The lowest BCUT2D eigenvalue weighted by Gasteiger charge is -2.40. The van der Waals surface area contributed by atoms with E-state index in [1.807, 2.05) is 136 Å². The Kier molecular flexibility index (Phi) is 18.6. The molecule has 0 radical (unpaired) electrons. The zero-order valence-corrected chi connectivity index (χ0v) is 46.1. The van der Waals surface area contributed by atoms with Gasteiger partial charge in [-0.2, -0.15) is 15.2 Å². The summed E-state index contributed by atoms with van der Waals surface area (Å²) in [6, 6.07) is 44.5. The number of amides is 1. The summed E-state index contributed by atoms with van der Waals surface area (Å²) in [4.78, 5) is 46.9. The van der Waals surface area contributed by atoms with Crippen LogP contribution in [0.25, 0.3) is 21.0 Å². The van der Waals surface area contributed by atoms with E-state index >= 15 is 0 Å². The van der Waals surface area contributed by atoms with Crippen molar-refractivity contribution in [3.8, 4) is 23.0 Å². The van der Waals surface area contributed by atoms with E-state index in [4.69, 9.17) is 43.6 Å². The second-order valence-electron chi connectivity index (χ2n) is 19.6. The lowest BCUT2D eigenvalue weighted by molar-refractivity contribution is -0.150. The number of esters is 2. The average Bonchev–Trinajstić information content (AvgIpc) is 3.93. The molecule has 0 saturated carbocycles. The number of para-hydroxylation sites is 3. The molecule has 0 bridgehead atoms. The molecule has 0 aliphatic carbocycles. The molecule has 1 aliphatic heterocycles. The Bertz CT molecular complexity index is 3390. The number of thiazole rings is 1. The lowest BCUT2D eigenvalue weighted by atomic mass is 9.84. The van der Waals surface area contributed by atoms with Crippen LogP contribution in [0.15, 0.2) is 156 Å². The molecule has 2 heterocycles. The fraction of sp³-hybridized carbons (Fsp3) is 0.281. The van der Waals surface area contributed by atoms with Crippen LogP contribution in [0, 0.1) is 19.3 Å². The van der Waals surface area contributed by atoms with Crippen LogP contribution in [0.3, 0.4) is 0 Å². The summed E-state index contributed by atoms with van der Waals surface area (Å²) in [7, 11) is 1.43. The number of rotatable bonds is 25. The minimum atomic E-state index is -0.715. The molecule has 406 valence electrons. The number of anilines is 3. The van der Waals surface area contributed by atoms with Gasteiger partial charge in [0.25, 0.3) is 0 Å². The van der Waals surface area contributed by atoms with Crippen LogP contribution in [0.2, 0.25) is 0 Å². The maximum Gasteiger partial charge on any atom is 0.344 e. The number of carbonyl (C=O) groups is 3. The number of hydrogen-bond donors (Lipinski definition) is 0. The second kappa shape index (κ2) is 26.4. The number of nitrogens with zero attached hydrogens (tertiary/aromatic N) is 5. The summed E-state index contributed by atoms with van der Waals surface area (Å²) in [5.41, 5.74) is 5.74. The number of aromatic nitrogens is 1. The van der Waals surface area contributed by atoms with E-state index in [9.17, 15) is 14.4 Å². The highest BCUT2D eigenvalue weighted by Crippen LogP contribution is 2.36. The third-order valence-electron chi connectivity index (χ3n) is 13.8. The highest BCUT2D eigenvalue weighted by Gasteiger charge is 2.37. The molecular formula is C64H65N5O9S. The molecule has 79 heavy (non-hydrogen) atoms. The van der Waals surface area contributed by atoms with Gasteiger partial charge in [0.1, 0.15) is 11.5 Å². The van der Waals surface area contributed by atoms with Crippen LogP contribution in [-0.4, -0.2) is 75.4 Å². The topological polar surface area (TPSA) is 151 Å². The van der Waals surface area contributed by atoms with Gasteiger partial charge in [-0.3, -0.25) is 4.79 Å². The minimum absolute atomic E-state index is 0.0817. The third kappa shape index (κ3) is 13.5. The summed E-state index contributed by atoms with van der Waals surface area (Å²) < 4.78 is 36.7. The second-order valence-corrected chi connectivity index (χ2v) is 20.6. The number of unbranched alkanes of at least 4 members (excludes halogenated alkanes) is 3. The SMILES string of the molecule is CCCC(=O)N(/N=C/c1c(OCCCCCCOCC2(CC)COC2)ccc2c(/C=N/N(c3ccccc3)c3ccccc3)c(C(=O)Oc3ccc(C(=O)Oc4ccc(C)cc4C)cc3OC)ccc12)c1nc2ccccc2s1. The van der Waals surface area contributed by atoms with E-state index < -0.39 is 11.9 Å². The predicted octanol–water partition coefficient (Wildman–Crippen LogP) is 14.2. The van der Waals surface area contributed by atoms with Crippen molar-refractivity contribution in [2.75, 3.05) is 50.2 Å². The van der Waals surface area contributed by atoms with Crippen molar-refractivity contribution in [1.29, 1.82) is 0 Å². The molecule has 15 heteroatoms. The van der Waals surface area contributed by atoms with E-state index in [1.165, 1.54) is 41.7 Å². The van der Waals surface area contributed by atoms with Crippen molar-refractivity contribution < 1.29 is 42.8 Å². The normalized spacial score (nSPS) is 12.9. The third-order valence-corrected chi connectivity index (χ3v) is 14.8. The number of fused-ring (bicyclic) bond motifs is 2. The number of hydrazone groups is 2. The Balaban J connectivity index is 1.08. The Morgan fingerprint density at radius 1 is 0.684 bits per heavy atom. The molecule has 1 aliphatic rings. The monoisotopic (exact) mass is 1080 g/mol. The van der Waals surface area contributed by atoms with E-state index in [-0.39, 0.29) is 40.4 Å². The first-order chi connectivity index (χ1) is 38.6. The smallest absolute Gasteiger partial charge is 0.344 e. The van der Waals surface area contributed by atoms with E-state index in [1.54, 1.807) is 29.6 Å². The molecule has 14 nitrogen and oxygen atoms in total. The zero-order chi connectivity index (χ0) is 55.1. The van der Waals surface area contributed by atoms with Gasteiger partial charge >= 0.3 is 11.9 Å². The summed E-state index contributed by atoms with van der Waals surface area (Å²) >= 11 is 1.38. The lowest BCUT2D eigenvalue weighted by Crippen LogP contribution is -2.45. The van der Waals surface area contributed by atoms with Gasteiger partial charge in [-0.25, -0.2) is 19.6 Å². The molecular weight excluding hydrogens is 1010 g/mol. The molecule has 0 spiro atoms. The van der Waals surface area contributed by atoms with Crippen LogP contribution < -0.4 is 29.0 Å². The maximum atomic E-state index is 14.8. The first-order valence-electron chi connectivity index (χ1n) is 26.8. The first-order valence-corrected chi connectivity index (χ1v) is 27.6. The van der Waals surface area contributed by atoms with Crippen molar-refractivity contribution in [1.82, 2.24) is 4.98 Å². The van der Waals surface area contributed by atoms with Gasteiger partial charge in [-0.05, 0) is 141 Å². The summed E-state index contributed by atoms with van der Waals surface area (Å²) in [5, 5.41) is 14.9. The fourth-order valence-corrected chi connectivity index (χ4v) is 10.1. The quantitative estimate of drug-likeness (QED) is 0.0177. The van der Waals surface area contributed by atoms with Gasteiger partial charge in [0.2, 0.25) is 11.0 Å². The minimum Gasteiger partial charge on any atom is -0.493 e. The molecule has 7 aromatic carbocycles. The van der Waals surface area contributed by atoms with E-state index in [0.29, 0.717) is 58.2 Å². The molecule has 1 amide bonds. The number of benzene rings is 7. The molecule has 1 aromatic heterocycles. The summed E-state index contributed by atoms with van der Waals surface area (Å²) in [6.07, 6.45) is 8.87. The molecule has 8 aromatic rings. The fourth-order valence-electron chi connectivity index (χ4n) is 9.17. The standard InChI is InChI=1S/C64H65N5O9S/c1-6-20-60(70)69(63-67-54-25-16-17-26-59(54)79-63)66-40-53-50-29-30-51(62(72)78-57-33-28-46(38-58(57)73-5)61(71)77-55-32-27-44(3)37-45(55)4)52(39-65-68(47-21-12-10-13-22-47)48-23-14-11-15-24-48)49(50)31-34-56(53)76-36-19-9-8-18-35-74-41-64(7-2)42-75-43-64/h10-17,21-34,37-40H,6-9,18-20,35-36,41-43H2,1-5H3/b65-39+,66-40+. The highest BCUT2D eigenvalue weighted by atomic mass is 32.1. The molecule has 1 fully saturated rings. The van der Waals surface area contributed by atoms with Gasteiger partial charge in [0, 0.05) is 29.6 Å². The van der Waals surface area contributed by atoms with E-state index in [2.05, 4.69) is 6.92 Å². The molecule has 0 atom stereocenters. The molecule has 0 unspecified atom stereocenters. The van der Waals surface area contributed by atoms with Gasteiger partial charge < -0.3 is 28.4 Å². The largest absolute Gasteiger partial charge is 0.493 e. The highest BCUT2D eigenvalue weighted by molar-refractivity contribution is 7.22. The number of methoxy groups -OCH3 is 1. The number of carbonyl (C=O) groups excluding carboxylic acids is 3. The Morgan fingerprint density at radius 3 is 2.03 bits per heavy atom. The first kappa shape index (κ1) is 55.5. The number of aryl methyl sites for hydroxylation is 2. The van der Waals surface area contributed by atoms with E-state index in [0.717, 1.165) is 84.6 Å². The van der Waals surface area contributed by atoms with Crippen molar-refractivity contribution in [3.63, 3.8) is 0 Å². The van der Waals surface area contributed by atoms with Crippen molar-refractivity contribution in [2.45, 2.75) is 72.6 Å². The van der Waals surface area contributed by atoms with Crippen molar-refractivity contribution >= 4 is 79.1 Å². The summed E-state index contributed by atoms with van der Waals surface area (Å²) in [5.74, 6) is -0.325. The van der Waals surface area contributed by atoms with Crippen molar-refractivity contribution in [3.05, 3.63) is 179 Å². The van der Waals surface area contributed by atoms with Gasteiger partial charge in [0.05, 0.1) is 78.7 Å². The van der Waals surface area contributed by atoms with Crippen LogP contribution >= 0.6 is 11.3 Å². The number of ether oxygens (including phenoxy) is 6. The van der Waals surface area contributed by atoms with Gasteiger partial charge in [-0.1, -0.05) is 104 Å². The van der Waals surface area contributed by atoms with Crippen LogP contribution in [0.1, 0.15) is 102 Å². The van der Waals surface area contributed by atoms with Crippen LogP contribution in [-0.2, 0) is 14.3 Å². The average molecular weight is 1080 g/mol. The Morgan fingerprint density at radius 2 is 1.34 bits per heavy atom. The molecule has 1 saturated heterocycles. The Labute approximate surface area is 465 Å². The molecule has 9 rings (SSSR count). The number of hydrogen-bond acceptors (Lipinski definition) is 14. The predicted molar refractivity (Wildman–Crippen MR) is 313 cm³/mol. The maximum absolute atomic E-state index is 14.8. The van der Waals surface area contributed by atoms with Gasteiger partial charge in [-0.15, -0.1) is 0 Å². The Hall–Kier alpha value is -8.24. The van der Waals surface area contributed by atoms with Crippen molar-refractivity contribution in [2.24, 2.45) is 15.6 Å². The summed E-state index contributed by atoms with van der Waals surface area (Å²) in [6.45, 7) is 11.4.